The van der Waals surface area contributed by atoms with Crippen LogP contribution in [-0.2, 0) is 16.0 Å². The van der Waals surface area contributed by atoms with Gasteiger partial charge in [-0.05, 0) is 30.2 Å². The van der Waals surface area contributed by atoms with Crippen molar-refractivity contribution in [1.29, 1.82) is 0 Å². The summed E-state index contributed by atoms with van der Waals surface area (Å²) in [4.78, 5) is 22.7. The van der Waals surface area contributed by atoms with Crippen LogP contribution in [0.15, 0.2) is 30.3 Å². The number of benzene rings is 1. The van der Waals surface area contributed by atoms with Crippen molar-refractivity contribution in [2.45, 2.75) is 25.7 Å². The van der Waals surface area contributed by atoms with Gasteiger partial charge in [-0.3, -0.25) is 9.59 Å². The fourth-order valence-corrected chi connectivity index (χ4v) is 2.72. The molecule has 2 rings (SSSR count). The van der Waals surface area contributed by atoms with E-state index in [0.29, 0.717) is 6.54 Å². The average Bonchev–Trinajstić information content (AvgIpc) is 2.48. The molecule has 4 N–H and O–H groups in total. The maximum Gasteiger partial charge on any atom is 0.239 e. The first-order chi connectivity index (χ1) is 10.1. The highest BCUT2D eigenvalue weighted by Crippen LogP contribution is 2.43. The van der Waals surface area contributed by atoms with Gasteiger partial charge in [0, 0.05) is 6.54 Å². The number of nitrogens with two attached hydrogens (primary N) is 1. The maximum absolute atomic E-state index is 11.7. The van der Waals surface area contributed by atoms with Crippen molar-refractivity contribution >= 4 is 11.8 Å². The summed E-state index contributed by atoms with van der Waals surface area (Å²) in [6, 6.07) is 10.4. The lowest BCUT2D eigenvalue weighted by Crippen LogP contribution is -2.46. The van der Waals surface area contributed by atoms with Crippen molar-refractivity contribution in [1.82, 2.24) is 10.6 Å². The van der Waals surface area contributed by atoms with Gasteiger partial charge >= 0.3 is 0 Å². The van der Waals surface area contributed by atoms with E-state index >= 15 is 0 Å². The number of nitrogens with one attached hydrogen (secondary N) is 2. The first-order valence-electron chi connectivity index (χ1n) is 7.41. The molecule has 0 aliphatic heterocycles. The van der Waals surface area contributed by atoms with Crippen LogP contribution in [0.3, 0.4) is 0 Å². The van der Waals surface area contributed by atoms with E-state index < -0.39 is 0 Å². The van der Waals surface area contributed by atoms with Crippen molar-refractivity contribution in [2.24, 2.45) is 11.1 Å². The van der Waals surface area contributed by atoms with Gasteiger partial charge in [0.15, 0.2) is 0 Å². The van der Waals surface area contributed by atoms with Gasteiger partial charge in [0.1, 0.15) is 0 Å². The zero-order valence-corrected chi connectivity index (χ0v) is 12.2. The van der Waals surface area contributed by atoms with Crippen molar-refractivity contribution in [2.75, 3.05) is 19.6 Å². The summed E-state index contributed by atoms with van der Waals surface area (Å²) >= 11 is 0. The molecule has 5 heteroatoms. The number of hydrogen-bond acceptors (Lipinski definition) is 3. The van der Waals surface area contributed by atoms with Crippen LogP contribution in [0, 0.1) is 5.41 Å². The molecule has 0 radical (unpaired) electrons. The summed E-state index contributed by atoms with van der Waals surface area (Å²) in [5, 5.41) is 5.41. The Labute approximate surface area is 125 Å². The van der Waals surface area contributed by atoms with Crippen molar-refractivity contribution in [3.8, 4) is 0 Å². The normalized spacial score (nSPS) is 15.9. The minimum Gasteiger partial charge on any atom is -0.354 e. The maximum atomic E-state index is 11.7. The molecule has 0 spiro atoms. The predicted molar refractivity (Wildman–Crippen MR) is 81.5 cm³/mol. The Morgan fingerprint density at radius 2 is 1.81 bits per heavy atom. The fraction of sp³-hybridized carbons (Fsp3) is 0.500. The number of carbonyl (C=O) groups is 2. The molecule has 21 heavy (non-hydrogen) atoms. The summed E-state index contributed by atoms with van der Waals surface area (Å²) in [5.74, 6) is -0.469. The second kappa shape index (κ2) is 7.22. The first-order valence-corrected chi connectivity index (χ1v) is 7.41. The topological polar surface area (TPSA) is 84.2 Å². The van der Waals surface area contributed by atoms with Crippen molar-refractivity contribution in [3.05, 3.63) is 35.9 Å². The van der Waals surface area contributed by atoms with E-state index in [1.54, 1.807) is 0 Å². The van der Waals surface area contributed by atoms with E-state index in [2.05, 4.69) is 22.8 Å². The standard InChI is InChI=1S/C16H23N3O2/c17-10-14(20)18-11-15(21)19-12-16(7-4-8-16)9-13-5-2-1-3-6-13/h1-3,5-6H,4,7-12,17H2,(H,18,20)(H,19,21). The molecule has 0 heterocycles. The second-order valence-electron chi connectivity index (χ2n) is 5.77. The van der Waals surface area contributed by atoms with Crippen LogP contribution in [0.25, 0.3) is 0 Å². The summed E-state index contributed by atoms with van der Waals surface area (Å²) in [6.07, 6.45) is 4.48. The fourth-order valence-electron chi connectivity index (χ4n) is 2.72. The molecule has 1 aliphatic rings. The van der Waals surface area contributed by atoms with Crippen molar-refractivity contribution < 1.29 is 9.59 Å². The van der Waals surface area contributed by atoms with Crippen LogP contribution in [-0.4, -0.2) is 31.4 Å². The van der Waals surface area contributed by atoms with E-state index in [4.69, 9.17) is 5.73 Å². The molecule has 114 valence electrons. The Hall–Kier alpha value is -1.88. The number of rotatable bonds is 7. The van der Waals surface area contributed by atoms with Gasteiger partial charge in [-0.1, -0.05) is 36.8 Å². The molecule has 0 atom stereocenters. The average molecular weight is 289 g/mol. The molecule has 0 saturated heterocycles. The number of hydrogen-bond donors (Lipinski definition) is 3. The lowest BCUT2D eigenvalue weighted by atomic mass is 9.65. The van der Waals surface area contributed by atoms with Crippen LogP contribution >= 0.6 is 0 Å². The van der Waals surface area contributed by atoms with Gasteiger partial charge in [-0.2, -0.15) is 0 Å². The Kier molecular flexibility index (Phi) is 5.33. The lowest BCUT2D eigenvalue weighted by Gasteiger charge is -2.42. The highest BCUT2D eigenvalue weighted by atomic mass is 16.2. The van der Waals surface area contributed by atoms with Gasteiger partial charge in [0.05, 0.1) is 13.1 Å². The predicted octanol–water partition coefficient (Wildman–Crippen LogP) is 0.591. The third kappa shape index (κ3) is 4.56. The minimum absolute atomic E-state index is 0.00253. The second-order valence-corrected chi connectivity index (χ2v) is 5.77. The molecule has 1 aromatic rings. The minimum atomic E-state index is -0.312. The number of carbonyl (C=O) groups excluding carboxylic acids is 2. The van der Waals surface area contributed by atoms with E-state index in [1.165, 1.54) is 12.0 Å². The molecule has 5 nitrogen and oxygen atoms in total. The molecule has 0 unspecified atom stereocenters. The zero-order chi connectivity index (χ0) is 15.1. The highest BCUT2D eigenvalue weighted by molar-refractivity contribution is 5.85. The van der Waals surface area contributed by atoms with Gasteiger partial charge in [0.2, 0.25) is 11.8 Å². The molecule has 0 bridgehead atoms. The third-order valence-electron chi connectivity index (χ3n) is 4.13. The third-order valence-corrected chi connectivity index (χ3v) is 4.13. The lowest BCUT2D eigenvalue weighted by molar-refractivity contribution is -0.125. The Morgan fingerprint density at radius 1 is 1.10 bits per heavy atom. The van der Waals surface area contributed by atoms with E-state index in [0.717, 1.165) is 19.3 Å². The Bertz CT molecular complexity index is 484. The van der Waals surface area contributed by atoms with Crippen LogP contribution in [0.5, 0.6) is 0 Å². The summed E-state index contributed by atoms with van der Waals surface area (Å²) in [7, 11) is 0. The van der Waals surface area contributed by atoms with Crippen LogP contribution in [0.4, 0.5) is 0 Å². The quantitative estimate of drug-likeness (QED) is 0.687. The van der Waals surface area contributed by atoms with E-state index in [9.17, 15) is 9.59 Å². The molecule has 2 amide bonds. The van der Waals surface area contributed by atoms with Crippen LogP contribution < -0.4 is 16.4 Å². The largest absolute Gasteiger partial charge is 0.354 e. The SMILES string of the molecule is NCC(=O)NCC(=O)NCC1(Cc2ccccc2)CCC1. The van der Waals surface area contributed by atoms with Gasteiger partial charge in [-0.25, -0.2) is 0 Å². The van der Waals surface area contributed by atoms with Crippen molar-refractivity contribution in [3.63, 3.8) is 0 Å². The molecular weight excluding hydrogens is 266 g/mol. The van der Waals surface area contributed by atoms with Gasteiger partial charge in [0.25, 0.3) is 0 Å². The van der Waals surface area contributed by atoms with Gasteiger partial charge < -0.3 is 16.4 Å². The Morgan fingerprint density at radius 3 is 2.38 bits per heavy atom. The summed E-state index contributed by atoms with van der Waals surface area (Å²) in [5.41, 5.74) is 6.66. The molecule has 1 aliphatic carbocycles. The number of amides is 2. The molecule has 0 aromatic heterocycles. The molecular formula is C16H23N3O2. The Balaban J connectivity index is 1.79. The van der Waals surface area contributed by atoms with Crippen LogP contribution in [0.2, 0.25) is 0 Å². The van der Waals surface area contributed by atoms with Crippen LogP contribution in [0.1, 0.15) is 24.8 Å². The molecule has 1 fully saturated rings. The zero-order valence-electron chi connectivity index (χ0n) is 12.2. The monoisotopic (exact) mass is 289 g/mol. The molecule has 1 aromatic carbocycles. The van der Waals surface area contributed by atoms with E-state index in [1.807, 2.05) is 18.2 Å². The highest BCUT2D eigenvalue weighted by Gasteiger charge is 2.37. The summed E-state index contributed by atoms with van der Waals surface area (Å²) in [6.45, 7) is 0.571. The first kappa shape index (κ1) is 15.5. The van der Waals surface area contributed by atoms with Gasteiger partial charge in [-0.15, -0.1) is 0 Å². The van der Waals surface area contributed by atoms with E-state index in [-0.39, 0.29) is 30.3 Å². The molecule has 1 saturated carbocycles. The summed E-state index contributed by atoms with van der Waals surface area (Å²) < 4.78 is 0. The smallest absolute Gasteiger partial charge is 0.239 e.